The van der Waals surface area contributed by atoms with Gasteiger partial charge in [-0.2, -0.15) is 0 Å². The molecule has 0 bridgehead atoms. The fraction of sp³-hybridized carbons (Fsp3) is 0.192. The zero-order valence-corrected chi connectivity index (χ0v) is 18.6. The molecule has 1 aliphatic carbocycles. The van der Waals surface area contributed by atoms with E-state index >= 15 is 0 Å². The third-order valence-electron chi connectivity index (χ3n) is 5.57. The van der Waals surface area contributed by atoms with Crippen molar-refractivity contribution in [3.05, 3.63) is 83.6 Å². The van der Waals surface area contributed by atoms with Crippen LogP contribution >= 0.6 is 11.8 Å². The Morgan fingerprint density at radius 1 is 1.06 bits per heavy atom. The van der Waals surface area contributed by atoms with E-state index in [1.54, 1.807) is 24.0 Å². The van der Waals surface area contributed by atoms with Crippen LogP contribution in [0, 0.1) is 0 Å². The standard InChI is InChI=1S/C26H23N3O2S/c1-2-16-32-26-22(8-5-15-27-26)25(30)28-19-12-9-18(10-13-19)24-21-14-11-17-6-3-4-7-20(17)23(21)29-31-24/h3-10,12-13,15H,2,11,14,16H2,1H3,(H,28,30). The number of anilines is 1. The zero-order chi connectivity index (χ0) is 21.9. The summed E-state index contributed by atoms with van der Waals surface area (Å²) in [7, 11) is 0. The van der Waals surface area contributed by atoms with E-state index in [1.165, 1.54) is 5.56 Å². The molecule has 2 aromatic heterocycles. The number of fused-ring (bicyclic) bond motifs is 3. The molecule has 1 N–H and O–H groups in total. The topological polar surface area (TPSA) is 68.0 Å². The molecule has 4 aromatic rings. The molecule has 0 saturated heterocycles. The average Bonchev–Trinajstić information content (AvgIpc) is 3.28. The van der Waals surface area contributed by atoms with Crippen LogP contribution in [0.25, 0.3) is 22.6 Å². The highest BCUT2D eigenvalue weighted by atomic mass is 32.2. The van der Waals surface area contributed by atoms with Crippen LogP contribution in [0.4, 0.5) is 5.69 Å². The minimum absolute atomic E-state index is 0.155. The van der Waals surface area contributed by atoms with Crippen molar-refractivity contribution in [2.75, 3.05) is 11.1 Å². The van der Waals surface area contributed by atoms with Gasteiger partial charge in [-0.3, -0.25) is 4.79 Å². The maximum Gasteiger partial charge on any atom is 0.258 e. The van der Waals surface area contributed by atoms with Gasteiger partial charge in [0, 0.05) is 28.6 Å². The van der Waals surface area contributed by atoms with Crippen LogP contribution in [0.5, 0.6) is 0 Å². The molecule has 0 atom stereocenters. The summed E-state index contributed by atoms with van der Waals surface area (Å²) in [5, 5.41) is 8.11. The van der Waals surface area contributed by atoms with E-state index in [-0.39, 0.29) is 5.91 Å². The molecule has 5 rings (SSSR count). The molecule has 1 amide bonds. The maximum atomic E-state index is 12.8. The van der Waals surface area contributed by atoms with Crippen LogP contribution in [0.15, 0.2) is 76.4 Å². The van der Waals surface area contributed by atoms with Crippen LogP contribution in [0.1, 0.15) is 34.8 Å². The van der Waals surface area contributed by atoms with Gasteiger partial charge >= 0.3 is 0 Å². The molecule has 160 valence electrons. The van der Waals surface area contributed by atoms with Crippen LogP contribution < -0.4 is 5.32 Å². The predicted molar refractivity (Wildman–Crippen MR) is 128 cm³/mol. The van der Waals surface area contributed by atoms with Gasteiger partial charge in [0.15, 0.2) is 5.76 Å². The zero-order valence-electron chi connectivity index (χ0n) is 17.8. The smallest absolute Gasteiger partial charge is 0.258 e. The molecule has 1 aliphatic rings. The van der Waals surface area contributed by atoms with E-state index in [2.05, 4.69) is 40.6 Å². The van der Waals surface area contributed by atoms with Crippen molar-refractivity contribution in [2.24, 2.45) is 0 Å². The highest BCUT2D eigenvalue weighted by Gasteiger charge is 2.24. The largest absolute Gasteiger partial charge is 0.355 e. The van der Waals surface area contributed by atoms with Gasteiger partial charge in [0.2, 0.25) is 0 Å². The van der Waals surface area contributed by atoms with Crippen LogP contribution in [-0.4, -0.2) is 21.8 Å². The minimum Gasteiger partial charge on any atom is -0.355 e. The summed E-state index contributed by atoms with van der Waals surface area (Å²) in [6.07, 6.45) is 4.64. The van der Waals surface area contributed by atoms with Gasteiger partial charge in [-0.25, -0.2) is 4.98 Å². The Bertz CT molecular complexity index is 1260. The monoisotopic (exact) mass is 441 g/mol. The number of pyridine rings is 1. The number of amides is 1. The summed E-state index contributed by atoms with van der Waals surface area (Å²) in [5.41, 5.74) is 6.83. The fourth-order valence-electron chi connectivity index (χ4n) is 3.99. The fourth-order valence-corrected chi connectivity index (χ4v) is 4.84. The maximum absolute atomic E-state index is 12.8. The van der Waals surface area contributed by atoms with E-state index < -0.39 is 0 Å². The molecule has 0 fully saturated rings. The molecule has 2 aromatic carbocycles. The average molecular weight is 442 g/mol. The molecule has 32 heavy (non-hydrogen) atoms. The first kappa shape index (κ1) is 20.5. The lowest BCUT2D eigenvalue weighted by molar-refractivity contribution is 0.102. The van der Waals surface area contributed by atoms with Crippen LogP contribution in [-0.2, 0) is 12.8 Å². The van der Waals surface area contributed by atoms with E-state index in [0.717, 1.165) is 63.9 Å². The highest BCUT2D eigenvalue weighted by molar-refractivity contribution is 7.99. The van der Waals surface area contributed by atoms with Crippen molar-refractivity contribution in [3.8, 4) is 22.6 Å². The summed E-state index contributed by atoms with van der Waals surface area (Å²) < 4.78 is 5.76. The Labute approximate surface area is 191 Å². The highest BCUT2D eigenvalue weighted by Crippen LogP contribution is 2.38. The Morgan fingerprint density at radius 2 is 1.91 bits per heavy atom. The summed E-state index contributed by atoms with van der Waals surface area (Å²) >= 11 is 1.60. The summed E-state index contributed by atoms with van der Waals surface area (Å²) in [6, 6.07) is 19.7. The van der Waals surface area contributed by atoms with E-state index in [1.807, 2.05) is 36.4 Å². The van der Waals surface area contributed by atoms with Gasteiger partial charge in [0.1, 0.15) is 10.7 Å². The van der Waals surface area contributed by atoms with Gasteiger partial charge < -0.3 is 9.84 Å². The SMILES string of the molecule is CCCSc1ncccc1C(=O)Nc1ccc(-c2onc3c2CCc2ccccc2-3)cc1. The quantitative estimate of drug-likeness (QED) is 0.358. The lowest BCUT2D eigenvalue weighted by Crippen LogP contribution is -2.13. The van der Waals surface area contributed by atoms with Crippen LogP contribution in [0.2, 0.25) is 0 Å². The molecule has 0 saturated carbocycles. The number of hydrogen-bond acceptors (Lipinski definition) is 5. The second-order valence-corrected chi connectivity index (χ2v) is 8.82. The number of aromatic nitrogens is 2. The summed E-state index contributed by atoms with van der Waals surface area (Å²) in [5.74, 6) is 1.58. The van der Waals surface area contributed by atoms with Gasteiger partial charge in [0.25, 0.3) is 5.91 Å². The lowest BCUT2D eigenvalue weighted by Gasteiger charge is -2.14. The summed E-state index contributed by atoms with van der Waals surface area (Å²) in [4.78, 5) is 17.2. The van der Waals surface area contributed by atoms with Crippen LogP contribution in [0.3, 0.4) is 0 Å². The van der Waals surface area contributed by atoms with Crippen molar-refractivity contribution < 1.29 is 9.32 Å². The third kappa shape index (κ3) is 3.94. The van der Waals surface area contributed by atoms with Gasteiger partial charge in [0.05, 0.1) is 5.56 Å². The molecule has 0 spiro atoms. The normalized spacial score (nSPS) is 12.2. The predicted octanol–water partition coefficient (Wildman–Crippen LogP) is 6.26. The van der Waals surface area contributed by atoms with Crippen molar-refractivity contribution in [1.29, 1.82) is 0 Å². The summed E-state index contributed by atoms with van der Waals surface area (Å²) in [6.45, 7) is 2.11. The molecule has 0 unspecified atom stereocenters. The van der Waals surface area contributed by atoms with Gasteiger partial charge in [-0.1, -0.05) is 36.3 Å². The molecule has 5 nitrogen and oxygen atoms in total. The first-order valence-electron chi connectivity index (χ1n) is 10.8. The third-order valence-corrected chi connectivity index (χ3v) is 6.78. The minimum atomic E-state index is -0.155. The number of rotatable bonds is 6. The number of hydrogen-bond donors (Lipinski definition) is 1. The van der Waals surface area contributed by atoms with Crippen molar-refractivity contribution in [2.45, 2.75) is 31.2 Å². The number of nitrogens with zero attached hydrogens (tertiary/aromatic N) is 2. The molecular formula is C26H23N3O2S. The van der Waals surface area contributed by atoms with Gasteiger partial charge in [-0.05, 0) is 67.0 Å². The van der Waals surface area contributed by atoms with Gasteiger partial charge in [-0.15, -0.1) is 11.8 Å². The second-order valence-electron chi connectivity index (χ2n) is 7.73. The molecule has 0 aliphatic heterocycles. The van der Waals surface area contributed by atoms with E-state index in [9.17, 15) is 4.79 Å². The first-order chi connectivity index (χ1) is 15.7. The number of nitrogens with one attached hydrogen (secondary N) is 1. The Hall–Kier alpha value is -3.38. The Morgan fingerprint density at radius 3 is 2.75 bits per heavy atom. The number of carbonyl (C=O) groups excluding carboxylic acids is 1. The number of benzene rings is 2. The Balaban J connectivity index is 1.35. The van der Waals surface area contributed by atoms with Crippen molar-refractivity contribution in [3.63, 3.8) is 0 Å². The van der Waals surface area contributed by atoms with E-state index in [0.29, 0.717) is 5.56 Å². The molecular weight excluding hydrogens is 418 g/mol. The van der Waals surface area contributed by atoms with Crippen molar-refractivity contribution >= 4 is 23.4 Å². The number of carbonyl (C=O) groups is 1. The first-order valence-corrected chi connectivity index (χ1v) is 11.8. The number of thioether (sulfide) groups is 1. The van der Waals surface area contributed by atoms with Crippen molar-refractivity contribution in [1.82, 2.24) is 10.1 Å². The van der Waals surface area contributed by atoms with E-state index in [4.69, 9.17) is 4.52 Å². The molecule has 2 heterocycles. The number of aryl methyl sites for hydroxylation is 1. The second kappa shape index (κ2) is 9.01. The lowest BCUT2D eigenvalue weighted by atomic mass is 9.88. The molecule has 0 radical (unpaired) electrons. The molecule has 6 heteroatoms. The Kier molecular flexibility index (Phi) is 5.77.